The van der Waals surface area contributed by atoms with Crippen molar-refractivity contribution in [3.05, 3.63) is 36.3 Å². The quantitative estimate of drug-likeness (QED) is 0.849. The van der Waals surface area contributed by atoms with Crippen LogP contribution >= 0.6 is 0 Å². The van der Waals surface area contributed by atoms with Crippen LogP contribution in [0.15, 0.2) is 30.6 Å². The third-order valence-corrected chi connectivity index (χ3v) is 2.92. The van der Waals surface area contributed by atoms with Crippen LogP contribution in [0.25, 0.3) is 5.65 Å². The first-order valence-corrected chi connectivity index (χ1v) is 5.74. The highest BCUT2D eigenvalue weighted by molar-refractivity contribution is 5.78. The second-order valence-corrected chi connectivity index (χ2v) is 4.22. The highest BCUT2D eigenvalue weighted by Crippen LogP contribution is 2.13. The summed E-state index contributed by atoms with van der Waals surface area (Å²) in [5.41, 5.74) is 1.78. The molecule has 1 atom stereocenters. The zero-order valence-electron chi connectivity index (χ0n) is 9.84. The predicted octanol–water partition coefficient (Wildman–Crippen LogP) is 1.46. The first-order chi connectivity index (χ1) is 8.20. The van der Waals surface area contributed by atoms with Crippen molar-refractivity contribution in [3.63, 3.8) is 0 Å². The Morgan fingerprint density at radius 3 is 3.00 bits per heavy atom. The summed E-state index contributed by atoms with van der Waals surface area (Å²) in [4.78, 5) is 15.9. The third-order valence-electron chi connectivity index (χ3n) is 2.92. The fraction of sp³-hybridized carbons (Fsp3) is 0.385. The summed E-state index contributed by atoms with van der Waals surface area (Å²) < 4.78 is 1.94. The molecule has 2 rings (SSSR count). The van der Waals surface area contributed by atoms with Gasteiger partial charge in [0.1, 0.15) is 11.4 Å². The summed E-state index contributed by atoms with van der Waals surface area (Å²) in [6.07, 6.45) is 4.96. The first-order valence-electron chi connectivity index (χ1n) is 5.74. The van der Waals surface area contributed by atoms with Crippen LogP contribution < -0.4 is 0 Å². The van der Waals surface area contributed by atoms with Crippen LogP contribution in [0.1, 0.15) is 19.0 Å². The van der Waals surface area contributed by atoms with E-state index in [9.17, 15) is 4.79 Å². The Labute approximate surface area is 99.9 Å². The fourth-order valence-electron chi connectivity index (χ4n) is 1.94. The van der Waals surface area contributed by atoms with Crippen molar-refractivity contribution >= 4 is 11.4 Å². The molecule has 0 bridgehead atoms. The molecule has 1 unspecified atom stereocenters. The molecule has 4 heteroatoms. The summed E-state index contributed by atoms with van der Waals surface area (Å²) in [5, 5.41) is 8.93. The largest absolute Gasteiger partial charge is 0.396 e. The number of pyridine rings is 1. The number of hydrogen-bond acceptors (Lipinski definition) is 3. The number of carbonyl (C=O) groups is 1. The molecule has 0 aromatic carbocycles. The van der Waals surface area contributed by atoms with Crippen LogP contribution in [0, 0.1) is 5.92 Å². The summed E-state index contributed by atoms with van der Waals surface area (Å²) in [7, 11) is 0. The number of rotatable bonds is 5. The summed E-state index contributed by atoms with van der Waals surface area (Å²) in [6, 6.07) is 5.80. The SMILES string of the molecule is CC(=O)C(CCO)Cc1cn2ccccc2n1. The Morgan fingerprint density at radius 1 is 1.53 bits per heavy atom. The number of Topliss-reactive ketones (excluding diaryl/α,β-unsaturated/α-hetero) is 1. The number of ketones is 1. The lowest BCUT2D eigenvalue weighted by Crippen LogP contribution is -2.15. The molecule has 0 saturated carbocycles. The molecule has 0 saturated heterocycles. The topological polar surface area (TPSA) is 54.6 Å². The molecule has 0 amide bonds. The van der Waals surface area contributed by atoms with Gasteiger partial charge >= 0.3 is 0 Å². The lowest BCUT2D eigenvalue weighted by Gasteiger charge is -2.09. The van der Waals surface area contributed by atoms with Gasteiger partial charge in [0.25, 0.3) is 0 Å². The molecule has 0 fully saturated rings. The maximum Gasteiger partial charge on any atom is 0.136 e. The molecule has 17 heavy (non-hydrogen) atoms. The van der Waals surface area contributed by atoms with Crippen LogP contribution in [0.3, 0.4) is 0 Å². The number of aromatic nitrogens is 2. The van der Waals surface area contributed by atoms with E-state index in [1.807, 2.05) is 35.0 Å². The Hall–Kier alpha value is -1.68. The zero-order chi connectivity index (χ0) is 12.3. The van der Waals surface area contributed by atoms with Gasteiger partial charge in [0.15, 0.2) is 0 Å². The molecule has 2 aromatic heterocycles. The van der Waals surface area contributed by atoms with Crippen molar-refractivity contribution in [1.29, 1.82) is 0 Å². The predicted molar refractivity (Wildman–Crippen MR) is 64.8 cm³/mol. The van der Waals surface area contributed by atoms with Gasteiger partial charge in [0.2, 0.25) is 0 Å². The van der Waals surface area contributed by atoms with Crippen molar-refractivity contribution in [2.75, 3.05) is 6.61 Å². The number of hydrogen-bond donors (Lipinski definition) is 1. The molecule has 0 aliphatic heterocycles. The highest BCUT2D eigenvalue weighted by atomic mass is 16.3. The highest BCUT2D eigenvalue weighted by Gasteiger charge is 2.16. The Kier molecular flexibility index (Phi) is 3.54. The molecule has 0 spiro atoms. The summed E-state index contributed by atoms with van der Waals surface area (Å²) >= 11 is 0. The normalized spacial score (nSPS) is 12.8. The average Bonchev–Trinajstić information content (AvgIpc) is 2.70. The van der Waals surface area contributed by atoms with Gasteiger partial charge in [-0.1, -0.05) is 6.07 Å². The smallest absolute Gasteiger partial charge is 0.136 e. The van der Waals surface area contributed by atoms with E-state index in [1.165, 1.54) is 0 Å². The molecular weight excluding hydrogens is 216 g/mol. The van der Waals surface area contributed by atoms with Crippen molar-refractivity contribution in [3.8, 4) is 0 Å². The molecule has 2 heterocycles. The van der Waals surface area contributed by atoms with Crippen LogP contribution in [0.4, 0.5) is 0 Å². The number of aliphatic hydroxyl groups is 1. The maximum absolute atomic E-state index is 11.4. The van der Waals surface area contributed by atoms with Crippen molar-refractivity contribution < 1.29 is 9.90 Å². The van der Waals surface area contributed by atoms with E-state index < -0.39 is 0 Å². The number of fused-ring (bicyclic) bond motifs is 1. The number of carbonyl (C=O) groups excluding carboxylic acids is 1. The first kappa shape index (κ1) is 11.8. The number of imidazole rings is 1. The van der Waals surface area contributed by atoms with Gasteiger partial charge in [-0.3, -0.25) is 4.79 Å². The van der Waals surface area contributed by atoms with E-state index in [1.54, 1.807) is 6.92 Å². The molecular formula is C13H16N2O2. The molecule has 90 valence electrons. The van der Waals surface area contributed by atoms with Crippen molar-refractivity contribution in [2.24, 2.45) is 5.92 Å². The molecule has 1 N–H and O–H groups in total. The van der Waals surface area contributed by atoms with E-state index in [4.69, 9.17) is 5.11 Å². The van der Waals surface area contributed by atoms with Crippen LogP contribution in [0.5, 0.6) is 0 Å². The van der Waals surface area contributed by atoms with Gasteiger partial charge in [0.05, 0.1) is 5.69 Å². The molecule has 0 aliphatic rings. The monoisotopic (exact) mass is 232 g/mol. The van der Waals surface area contributed by atoms with E-state index in [-0.39, 0.29) is 18.3 Å². The molecule has 0 radical (unpaired) electrons. The van der Waals surface area contributed by atoms with E-state index in [0.29, 0.717) is 12.8 Å². The van der Waals surface area contributed by atoms with Gasteiger partial charge in [-0.2, -0.15) is 0 Å². The lowest BCUT2D eigenvalue weighted by atomic mass is 9.96. The minimum absolute atomic E-state index is 0.0393. The van der Waals surface area contributed by atoms with E-state index in [2.05, 4.69) is 4.98 Å². The van der Waals surface area contributed by atoms with Crippen LogP contribution in [-0.4, -0.2) is 26.9 Å². The van der Waals surface area contributed by atoms with Gasteiger partial charge in [-0.15, -0.1) is 0 Å². The zero-order valence-corrected chi connectivity index (χ0v) is 9.84. The Morgan fingerprint density at radius 2 is 2.35 bits per heavy atom. The minimum Gasteiger partial charge on any atom is -0.396 e. The molecule has 4 nitrogen and oxygen atoms in total. The number of aliphatic hydroxyl groups excluding tert-OH is 1. The van der Waals surface area contributed by atoms with Crippen molar-refractivity contribution in [1.82, 2.24) is 9.38 Å². The van der Waals surface area contributed by atoms with E-state index >= 15 is 0 Å². The Balaban J connectivity index is 2.19. The van der Waals surface area contributed by atoms with Crippen LogP contribution in [0.2, 0.25) is 0 Å². The third kappa shape index (κ3) is 2.71. The van der Waals surface area contributed by atoms with Crippen molar-refractivity contribution in [2.45, 2.75) is 19.8 Å². The summed E-state index contributed by atoms with van der Waals surface area (Å²) in [6.45, 7) is 1.60. The second kappa shape index (κ2) is 5.10. The molecule has 0 aliphatic carbocycles. The lowest BCUT2D eigenvalue weighted by molar-refractivity contribution is -0.121. The molecule has 2 aromatic rings. The van der Waals surface area contributed by atoms with Gasteiger partial charge in [-0.25, -0.2) is 4.98 Å². The van der Waals surface area contributed by atoms with Crippen LogP contribution in [-0.2, 0) is 11.2 Å². The fourth-order valence-corrected chi connectivity index (χ4v) is 1.94. The standard InChI is InChI=1S/C13H16N2O2/c1-10(17)11(5-7-16)8-12-9-15-6-3-2-4-13(15)14-12/h2-4,6,9,11,16H,5,7-8H2,1H3. The van der Waals surface area contributed by atoms with E-state index in [0.717, 1.165) is 11.3 Å². The summed E-state index contributed by atoms with van der Waals surface area (Å²) in [5.74, 6) is -0.0268. The maximum atomic E-state index is 11.4. The van der Waals surface area contributed by atoms with Gasteiger partial charge in [0, 0.05) is 31.3 Å². The number of nitrogens with zero attached hydrogens (tertiary/aromatic N) is 2. The minimum atomic E-state index is -0.134. The average molecular weight is 232 g/mol. The second-order valence-electron chi connectivity index (χ2n) is 4.22. The van der Waals surface area contributed by atoms with Gasteiger partial charge < -0.3 is 9.51 Å². The van der Waals surface area contributed by atoms with Gasteiger partial charge in [-0.05, 0) is 25.5 Å². The Bertz CT molecular complexity index is 486.